The fourth-order valence-electron chi connectivity index (χ4n) is 1.32. The zero-order valence-corrected chi connectivity index (χ0v) is 8.17. The number of ether oxygens (including phenoxy) is 1. The Morgan fingerprint density at radius 1 is 1.50 bits per heavy atom. The van der Waals surface area contributed by atoms with Crippen molar-refractivity contribution in [3.8, 4) is 5.75 Å². The van der Waals surface area contributed by atoms with Crippen LogP contribution >= 0.6 is 11.6 Å². The van der Waals surface area contributed by atoms with Gasteiger partial charge in [0.25, 0.3) is 0 Å². The highest BCUT2D eigenvalue weighted by molar-refractivity contribution is 6.37. The molecule has 4 heteroatoms. The molecule has 0 spiro atoms. The highest BCUT2D eigenvalue weighted by atomic mass is 35.5. The molecule has 0 bridgehead atoms. The highest BCUT2D eigenvalue weighted by Gasteiger charge is 2.14. The second kappa shape index (κ2) is 3.35. The van der Waals surface area contributed by atoms with E-state index in [1.807, 2.05) is 0 Å². The molecule has 1 aromatic heterocycles. The summed E-state index contributed by atoms with van der Waals surface area (Å²) in [7, 11) is 1.53. The lowest BCUT2D eigenvalue weighted by Gasteiger charge is -1.98. The molecule has 0 aliphatic carbocycles. The summed E-state index contributed by atoms with van der Waals surface area (Å²) in [5.74, 6) is 0.698. The lowest BCUT2D eigenvalue weighted by Crippen LogP contribution is -1.81. The van der Waals surface area contributed by atoms with Crippen molar-refractivity contribution >= 4 is 28.9 Å². The first-order valence-corrected chi connectivity index (χ1v) is 4.36. The lowest BCUT2D eigenvalue weighted by molar-refractivity contribution is 0.110. The fraction of sp³-hybridized carbons (Fsp3) is 0.100. The van der Waals surface area contributed by atoms with Crippen molar-refractivity contribution in [2.24, 2.45) is 0 Å². The van der Waals surface area contributed by atoms with Gasteiger partial charge in [-0.3, -0.25) is 4.79 Å². The van der Waals surface area contributed by atoms with Gasteiger partial charge < -0.3 is 9.15 Å². The van der Waals surface area contributed by atoms with Crippen LogP contribution in [0.1, 0.15) is 10.6 Å². The molecule has 0 N–H and O–H groups in total. The molecule has 2 aromatic rings. The monoisotopic (exact) mass is 210 g/mol. The summed E-state index contributed by atoms with van der Waals surface area (Å²) >= 11 is 5.91. The number of halogens is 1. The van der Waals surface area contributed by atoms with Gasteiger partial charge in [0.2, 0.25) is 0 Å². The molecule has 72 valence electrons. The van der Waals surface area contributed by atoms with Gasteiger partial charge in [0, 0.05) is 5.39 Å². The Bertz CT molecular complexity index is 487. The fourth-order valence-corrected chi connectivity index (χ4v) is 1.55. The summed E-state index contributed by atoms with van der Waals surface area (Å²) in [6.07, 6.45) is 0.585. The van der Waals surface area contributed by atoms with Crippen LogP contribution in [0.2, 0.25) is 5.02 Å². The van der Waals surface area contributed by atoms with Crippen LogP contribution in [0, 0.1) is 0 Å². The second-order valence-electron chi connectivity index (χ2n) is 2.74. The van der Waals surface area contributed by atoms with Gasteiger partial charge in [0.15, 0.2) is 23.4 Å². The van der Waals surface area contributed by atoms with Gasteiger partial charge >= 0.3 is 0 Å². The van der Waals surface area contributed by atoms with Gasteiger partial charge in [-0.15, -0.1) is 0 Å². The number of fused-ring (bicyclic) bond motifs is 1. The number of hydrogen-bond donors (Lipinski definition) is 0. The smallest absolute Gasteiger partial charge is 0.186 e. The molecule has 0 radical (unpaired) electrons. The molecule has 0 amide bonds. The Kier molecular flexibility index (Phi) is 2.17. The lowest BCUT2D eigenvalue weighted by atomic mass is 10.2. The predicted octanol–water partition coefficient (Wildman–Crippen LogP) is 2.91. The molecule has 0 atom stereocenters. The predicted molar refractivity (Wildman–Crippen MR) is 53.2 cm³/mol. The molecule has 0 unspecified atom stereocenters. The molecule has 0 fully saturated rings. The molecule has 0 saturated carbocycles. The third-order valence-electron chi connectivity index (χ3n) is 1.97. The third-order valence-corrected chi connectivity index (χ3v) is 2.36. The molecule has 1 heterocycles. The first kappa shape index (κ1) is 9.09. The molecule has 0 saturated heterocycles. The Balaban J connectivity index is 2.83. The Labute approximate surface area is 85.2 Å². The summed E-state index contributed by atoms with van der Waals surface area (Å²) in [5.41, 5.74) is 0.502. The van der Waals surface area contributed by atoms with Crippen LogP contribution in [0.5, 0.6) is 5.75 Å². The van der Waals surface area contributed by atoms with E-state index < -0.39 is 0 Å². The summed E-state index contributed by atoms with van der Waals surface area (Å²) in [6.45, 7) is 0. The van der Waals surface area contributed by atoms with Crippen LogP contribution in [-0.4, -0.2) is 13.4 Å². The molecule has 0 aliphatic rings. The maximum Gasteiger partial charge on any atom is 0.186 e. The van der Waals surface area contributed by atoms with Crippen LogP contribution in [-0.2, 0) is 0 Å². The highest BCUT2D eigenvalue weighted by Crippen LogP contribution is 2.34. The van der Waals surface area contributed by atoms with E-state index in [1.54, 1.807) is 18.2 Å². The number of benzene rings is 1. The van der Waals surface area contributed by atoms with Crippen molar-refractivity contribution in [2.75, 3.05) is 7.11 Å². The number of furan rings is 1. The minimum Gasteiger partial charge on any atom is -0.493 e. The van der Waals surface area contributed by atoms with Crippen LogP contribution in [0.3, 0.4) is 0 Å². The maximum atomic E-state index is 10.6. The third kappa shape index (κ3) is 1.17. The summed E-state index contributed by atoms with van der Waals surface area (Å²) in [6, 6.07) is 5.31. The topological polar surface area (TPSA) is 39.4 Å². The van der Waals surface area contributed by atoms with E-state index in [0.717, 1.165) is 0 Å². The molecule has 0 aliphatic heterocycles. The quantitative estimate of drug-likeness (QED) is 0.716. The minimum atomic E-state index is 0.131. The van der Waals surface area contributed by atoms with E-state index in [4.69, 9.17) is 20.8 Å². The zero-order chi connectivity index (χ0) is 10.1. The van der Waals surface area contributed by atoms with Gasteiger partial charge in [0.05, 0.1) is 12.1 Å². The van der Waals surface area contributed by atoms with Gasteiger partial charge in [-0.1, -0.05) is 17.7 Å². The Hall–Kier alpha value is -1.48. The largest absolute Gasteiger partial charge is 0.493 e. The number of para-hydroxylation sites is 1. The average molecular weight is 211 g/mol. The van der Waals surface area contributed by atoms with Gasteiger partial charge in [-0.2, -0.15) is 0 Å². The first-order chi connectivity index (χ1) is 6.77. The van der Waals surface area contributed by atoms with E-state index in [-0.39, 0.29) is 5.76 Å². The van der Waals surface area contributed by atoms with Gasteiger partial charge in [-0.05, 0) is 12.1 Å². The Morgan fingerprint density at radius 2 is 2.29 bits per heavy atom. The van der Waals surface area contributed by atoms with E-state index in [0.29, 0.717) is 28.0 Å². The van der Waals surface area contributed by atoms with Gasteiger partial charge in [0.1, 0.15) is 0 Å². The zero-order valence-electron chi connectivity index (χ0n) is 7.41. The van der Waals surface area contributed by atoms with E-state index in [1.165, 1.54) is 7.11 Å². The summed E-state index contributed by atoms with van der Waals surface area (Å²) in [5, 5.41) is 1.02. The maximum absolute atomic E-state index is 10.6. The van der Waals surface area contributed by atoms with Crippen molar-refractivity contribution in [3.63, 3.8) is 0 Å². The molecule has 2 rings (SSSR count). The van der Waals surface area contributed by atoms with Crippen LogP contribution < -0.4 is 4.74 Å². The van der Waals surface area contributed by atoms with Crippen molar-refractivity contribution in [3.05, 3.63) is 29.0 Å². The van der Waals surface area contributed by atoms with E-state index in [2.05, 4.69) is 0 Å². The molecule has 14 heavy (non-hydrogen) atoms. The van der Waals surface area contributed by atoms with Gasteiger partial charge in [-0.25, -0.2) is 0 Å². The standard InChI is InChI=1S/C10H7ClO3/c1-13-7-4-2-3-6-9(11)8(5-12)14-10(6)7/h2-5H,1H3. The Morgan fingerprint density at radius 3 is 2.93 bits per heavy atom. The molecular weight excluding hydrogens is 204 g/mol. The molecule has 3 nitrogen and oxygen atoms in total. The number of rotatable bonds is 2. The van der Waals surface area contributed by atoms with E-state index in [9.17, 15) is 4.79 Å². The van der Waals surface area contributed by atoms with E-state index >= 15 is 0 Å². The number of hydrogen-bond acceptors (Lipinski definition) is 3. The van der Waals surface area contributed by atoms with Crippen LogP contribution in [0.15, 0.2) is 22.6 Å². The number of aldehydes is 1. The van der Waals surface area contributed by atoms with Crippen molar-refractivity contribution < 1.29 is 13.9 Å². The SMILES string of the molecule is COc1cccc2c(Cl)c(C=O)oc12. The number of methoxy groups -OCH3 is 1. The van der Waals surface area contributed by atoms with Crippen LogP contribution in [0.25, 0.3) is 11.0 Å². The summed E-state index contributed by atoms with van der Waals surface area (Å²) < 4.78 is 10.3. The summed E-state index contributed by atoms with van der Waals surface area (Å²) in [4.78, 5) is 10.6. The number of carbonyl (C=O) groups excluding carboxylic acids is 1. The van der Waals surface area contributed by atoms with Crippen LogP contribution in [0.4, 0.5) is 0 Å². The van der Waals surface area contributed by atoms with Crippen molar-refractivity contribution in [2.45, 2.75) is 0 Å². The van der Waals surface area contributed by atoms with Crippen molar-refractivity contribution in [1.82, 2.24) is 0 Å². The molecular formula is C10H7ClO3. The number of carbonyl (C=O) groups is 1. The molecule has 1 aromatic carbocycles. The van der Waals surface area contributed by atoms with Crippen molar-refractivity contribution in [1.29, 1.82) is 0 Å². The first-order valence-electron chi connectivity index (χ1n) is 3.98. The average Bonchev–Trinajstić information content (AvgIpc) is 2.55. The second-order valence-corrected chi connectivity index (χ2v) is 3.11. The normalized spacial score (nSPS) is 10.4. The minimum absolute atomic E-state index is 0.131.